The molecule has 0 spiro atoms. The zero-order valence-corrected chi connectivity index (χ0v) is 16.0. The van der Waals surface area contributed by atoms with Crippen LogP contribution < -0.4 is 11.0 Å². The van der Waals surface area contributed by atoms with Crippen LogP contribution in [0.25, 0.3) is 16.9 Å². The average Bonchev–Trinajstić information content (AvgIpc) is 3.06. The van der Waals surface area contributed by atoms with Gasteiger partial charge in [0.25, 0.3) is 5.91 Å². The lowest BCUT2D eigenvalue weighted by atomic mass is 10.1. The van der Waals surface area contributed by atoms with Crippen LogP contribution in [-0.2, 0) is 0 Å². The Labute approximate surface area is 167 Å². The SMILES string of the molecule is Cc1nccc(-c2cccc(NC(=O)c3ccc(-n4c(C)c[nH]c4=O)cc3)c2)n1. The van der Waals surface area contributed by atoms with Crippen molar-refractivity contribution in [3.63, 3.8) is 0 Å². The van der Waals surface area contributed by atoms with Crippen molar-refractivity contribution in [2.75, 3.05) is 5.32 Å². The van der Waals surface area contributed by atoms with E-state index < -0.39 is 0 Å². The Hall–Kier alpha value is -4.00. The molecule has 2 N–H and O–H groups in total. The monoisotopic (exact) mass is 385 g/mol. The first kappa shape index (κ1) is 18.4. The largest absolute Gasteiger partial charge is 0.330 e. The summed E-state index contributed by atoms with van der Waals surface area (Å²) in [6, 6.07) is 16.2. The summed E-state index contributed by atoms with van der Waals surface area (Å²) < 4.78 is 1.55. The quantitative estimate of drug-likeness (QED) is 0.562. The number of nitrogens with zero attached hydrogens (tertiary/aromatic N) is 3. The third kappa shape index (κ3) is 3.84. The molecule has 7 heteroatoms. The fourth-order valence-corrected chi connectivity index (χ4v) is 3.11. The summed E-state index contributed by atoms with van der Waals surface area (Å²) in [5.41, 5.74) is 4.15. The number of aryl methyl sites for hydroxylation is 2. The van der Waals surface area contributed by atoms with Crippen LogP contribution in [0.1, 0.15) is 21.9 Å². The summed E-state index contributed by atoms with van der Waals surface area (Å²) >= 11 is 0. The molecule has 2 aromatic heterocycles. The second-order valence-electron chi connectivity index (χ2n) is 6.64. The standard InChI is InChI=1S/C22H19N5O2/c1-14-13-24-22(29)27(14)19-8-6-16(7-9-19)21(28)26-18-5-3-4-17(12-18)20-10-11-23-15(2)25-20/h3-13H,1-2H3,(H,24,29)(H,26,28). The van der Waals surface area contributed by atoms with Crippen LogP contribution in [0.4, 0.5) is 5.69 Å². The fraction of sp³-hybridized carbons (Fsp3) is 0.0909. The summed E-state index contributed by atoms with van der Waals surface area (Å²) in [6.07, 6.45) is 3.36. The minimum absolute atomic E-state index is 0.212. The van der Waals surface area contributed by atoms with Gasteiger partial charge in [0, 0.05) is 34.9 Å². The maximum absolute atomic E-state index is 12.6. The molecule has 29 heavy (non-hydrogen) atoms. The summed E-state index contributed by atoms with van der Waals surface area (Å²) in [7, 11) is 0. The lowest BCUT2D eigenvalue weighted by Gasteiger charge is -2.09. The van der Waals surface area contributed by atoms with Crippen molar-refractivity contribution < 1.29 is 4.79 Å². The first-order chi connectivity index (χ1) is 14.0. The minimum atomic E-state index is -0.231. The third-order valence-electron chi connectivity index (χ3n) is 4.54. The van der Waals surface area contributed by atoms with Crippen LogP contribution in [0, 0.1) is 13.8 Å². The topological polar surface area (TPSA) is 92.7 Å². The van der Waals surface area contributed by atoms with E-state index in [4.69, 9.17) is 0 Å². The smallest absolute Gasteiger partial charge is 0.322 e. The zero-order chi connectivity index (χ0) is 20.4. The van der Waals surface area contributed by atoms with E-state index in [-0.39, 0.29) is 11.6 Å². The highest BCUT2D eigenvalue weighted by Gasteiger charge is 2.10. The predicted molar refractivity (Wildman–Crippen MR) is 111 cm³/mol. The number of anilines is 1. The minimum Gasteiger partial charge on any atom is -0.322 e. The first-order valence-electron chi connectivity index (χ1n) is 9.10. The molecule has 4 rings (SSSR count). The lowest BCUT2D eigenvalue weighted by Crippen LogP contribution is -2.16. The molecule has 0 aliphatic rings. The van der Waals surface area contributed by atoms with Gasteiger partial charge in [-0.05, 0) is 56.3 Å². The van der Waals surface area contributed by atoms with Crippen molar-refractivity contribution in [2.45, 2.75) is 13.8 Å². The van der Waals surface area contributed by atoms with Crippen molar-refractivity contribution in [2.24, 2.45) is 0 Å². The van der Waals surface area contributed by atoms with E-state index in [0.29, 0.717) is 22.8 Å². The number of carbonyl (C=O) groups is 1. The van der Waals surface area contributed by atoms with Gasteiger partial charge in [-0.2, -0.15) is 0 Å². The first-order valence-corrected chi connectivity index (χ1v) is 9.10. The van der Waals surface area contributed by atoms with E-state index in [2.05, 4.69) is 20.3 Å². The molecular formula is C22H19N5O2. The van der Waals surface area contributed by atoms with E-state index in [1.54, 1.807) is 41.2 Å². The van der Waals surface area contributed by atoms with E-state index in [9.17, 15) is 9.59 Å². The van der Waals surface area contributed by atoms with Crippen LogP contribution in [0.3, 0.4) is 0 Å². The molecule has 0 aliphatic carbocycles. The second kappa shape index (κ2) is 7.55. The normalized spacial score (nSPS) is 10.7. The Bertz CT molecular complexity index is 1240. The molecule has 0 radical (unpaired) electrons. The van der Waals surface area contributed by atoms with E-state index in [0.717, 1.165) is 17.0 Å². The third-order valence-corrected chi connectivity index (χ3v) is 4.54. The number of hydrogen-bond donors (Lipinski definition) is 2. The van der Waals surface area contributed by atoms with Gasteiger partial charge in [0.1, 0.15) is 5.82 Å². The number of hydrogen-bond acceptors (Lipinski definition) is 4. The number of amides is 1. The Kier molecular flexibility index (Phi) is 4.78. The van der Waals surface area contributed by atoms with E-state index in [1.807, 2.05) is 44.2 Å². The summed E-state index contributed by atoms with van der Waals surface area (Å²) in [5.74, 6) is 0.458. The fourth-order valence-electron chi connectivity index (χ4n) is 3.11. The van der Waals surface area contributed by atoms with Gasteiger partial charge in [0.15, 0.2) is 0 Å². The van der Waals surface area contributed by atoms with Crippen LogP contribution in [-0.4, -0.2) is 25.4 Å². The van der Waals surface area contributed by atoms with Crippen molar-refractivity contribution in [1.29, 1.82) is 0 Å². The number of nitrogens with one attached hydrogen (secondary N) is 2. The van der Waals surface area contributed by atoms with Gasteiger partial charge in [-0.3, -0.25) is 9.36 Å². The number of aromatic amines is 1. The van der Waals surface area contributed by atoms with Gasteiger partial charge in [-0.15, -0.1) is 0 Å². The highest BCUT2D eigenvalue weighted by atomic mass is 16.2. The van der Waals surface area contributed by atoms with E-state index in [1.165, 1.54) is 0 Å². The Morgan fingerprint density at radius 3 is 2.55 bits per heavy atom. The van der Waals surface area contributed by atoms with Crippen LogP contribution in [0.2, 0.25) is 0 Å². The molecule has 0 saturated heterocycles. The molecule has 0 saturated carbocycles. The highest BCUT2D eigenvalue weighted by molar-refractivity contribution is 6.04. The van der Waals surface area contributed by atoms with Crippen molar-refractivity contribution in [3.05, 3.63) is 94.6 Å². The average molecular weight is 385 g/mol. The van der Waals surface area contributed by atoms with Gasteiger partial charge < -0.3 is 10.3 Å². The summed E-state index contributed by atoms with van der Waals surface area (Å²) in [6.45, 7) is 3.67. The molecule has 0 atom stereocenters. The predicted octanol–water partition coefficient (Wildman–Crippen LogP) is 3.49. The van der Waals surface area contributed by atoms with Crippen LogP contribution >= 0.6 is 0 Å². The van der Waals surface area contributed by atoms with Gasteiger partial charge in [-0.25, -0.2) is 14.8 Å². The van der Waals surface area contributed by atoms with Gasteiger partial charge in [-0.1, -0.05) is 12.1 Å². The lowest BCUT2D eigenvalue weighted by molar-refractivity contribution is 0.102. The molecule has 4 aromatic rings. The maximum atomic E-state index is 12.6. The van der Waals surface area contributed by atoms with E-state index >= 15 is 0 Å². The maximum Gasteiger partial charge on any atom is 0.330 e. The molecular weight excluding hydrogens is 366 g/mol. The van der Waals surface area contributed by atoms with Gasteiger partial charge in [0.2, 0.25) is 0 Å². The summed E-state index contributed by atoms with van der Waals surface area (Å²) in [4.78, 5) is 35.7. The zero-order valence-electron chi connectivity index (χ0n) is 16.0. The Morgan fingerprint density at radius 1 is 1.07 bits per heavy atom. The molecule has 0 bridgehead atoms. The Balaban J connectivity index is 1.54. The summed E-state index contributed by atoms with van der Waals surface area (Å²) in [5, 5.41) is 2.90. The Morgan fingerprint density at radius 2 is 1.86 bits per heavy atom. The highest BCUT2D eigenvalue weighted by Crippen LogP contribution is 2.21. The van der Waals surface area contributed by atoms with Crippen molar-refractivity contribution in [3.8, 4) is 16.9 Å². The van der Waals surface area contributed by atoms with Crippen molar-refractivity contribution >= 4 is 11.6 Å². The van der Waals surface area contributed by atoms with Crippen molar-refractivity contribution in [1.82, 2.24) is 19.5 Å². The molecule has 144 valence electrons. The molecule has 2 aromatic carbocycles. The van der Waals surface area contributed by atoms with Gasteiger partial charge in [0.05, 0.1) is 11.4 Å². The second-order valence-corrected chi connectivity index (χ2v) is 6.64. The number of rotatable bonds is 4. The van der Waals surface area contributed by atoms with Crippen LogP contribution in [0.15, 0.2) is 71.8 Å². The number of imidazole rings is 1. The van der Waals surface area contributed by atoms with Crippen LogP contribution in [0.5, 0.6) is 0 Å². The number of aromatic nitrogens is 4. The molecule has 1 amide bonds. The number of benzene rings is 2. The van der Waals surface area contributed by atoms with Gasteiger partial charge >= 0.3 is 5.69 Å². The number of carbonyl (C=O) groups excluding carboxylic acids is 1. The molecule has 7 nitrogen and oxygen atoms in total. The molecule has 0 unspecified atom stereocenters. The number of H-pyrrole nitrogens is 1. The molecule has 0 aliphatic heterocycles. The molecule has 2 heterocycles. The molecule has 0 fully saturated rings.